The summed E-state index contributed by atoms with van der Waals surface area (Å²) in [5.74, 6) is 1.37. The van der Waals surface area contributed by atoms with Gasteiger partial charge < -0.3 is 10.1 Å². The molecular weight excluding hydrogens is 310 g/mol. The second-order valence-corrected chi connectivity index (χ2v) is 6.67. The molecule has 0 saturated carbocycles. The van der Waals surface area contributed by atoms with E-state index in [1.807, 2.05) is 32.0 Å². The fourth-order valence-electron chi connectivity index (χ4n) is 2.77. The van der Waals surface area contributed by atoms with Crippen LogP contribution < -0.4 is 10.1 Å². The van der Waals surface area contributed by atoms with Gasteiger partial charge >= 0.3 is 0 Å². The van der Waals surface area contributed by atoms with E-state index in [1.54, 1.807) is 0 Å². The number of rotatable bonds is 8. The summed E-state index contributed by atoms with van der Waals surface area (Å²) in [6, 6.07) is 14.3. The molecule has 2 aromatic rings. The molecule has 0 spiro atoms. The van der Waals surface area contributed by atoms with Gasteiger partial charge in [0, 0.05) is 12.1 Å². The lowest BCUT2D eigenvalue weighted by atomic mass is 10.0. The highest BCUT2D eigenvalue weighted by atomic mass is 16.5. The highest BCUT2D eigenvalue weighted by molar-refractivity contribution is 5.94. The minimum Gasteiger partial charge on any atom is -0.494 e. The van der Waals surface area contributed by atoms with Crippen LogP contribution >= 0.6 is 0 Å². The topological polar surface area (TPSA) is 38.3 Å². The van der Waals surface area contributed by atoms with Crippen molar-refractivity contribution in [3.8, 4) is 5.75 Å². The standard InChI is InChI=1S/C22H29NO2/c1-5-25-21-13-12-20(15-17(21)4)22(24)23-14-6-7-18-8-10-19(11-9-18)16(2)3/h8-13,15-16H,5-7,14H2,1-4H3,(H,23,24). The van der Waals surface area contributed by atoms with E-state index in [0.717, 1.165) is 24.2 Å². The zero-order valence-electron chi connectivity index (χ0n) is 15.8. The quantitative estimate of drug-likeness (QED) is 0.696. The van der Waals surface area contributed by atoms with Crippen molar-refractivity contribution in [2.75, 3.05) is 13.2 Å². The molecular formula is C22H29NO2. The van der Waals surface area contributed by atoms with Crippen molar-refractivity contribution < 1.29 is 9.53 Å². The van der Waals surface area contributed by atoms with E-state index in [9.17, 15) is 4.79 Å². The molecule has 0 aliphatic carbocycles. The summed E-state index contributed by atoms with van der Waals surface area (Å²) >= 11 is 0. The Kier molecular flexibility index (Phi) is 7.05. The van der Waals surface area contributed by atoms with Gasteiger partial charge in [-0.15, -0.1) is 0 Å². The Hall–Kier alpha value is -2.29. The molecule has 0 saturated heterocycles. The van der Waals surface area contributed by atoms with Gasteiger partial charge in [0.1, 0.15) is 5.75 Å². The monoisotopic (exact) mass is 339 g/mol. The number of carbonyl (C=O) groups is 1. The molecule has 0 heterocycles. The summed E-state index contributed by atoms with van der Waals surface area (Å²) in [4.78, 5) is 12.2. The smallest absolute Gasteiger partial charge is 0.251 e. The van der Waals surface area contributed by atoms with E-state index in [-0.39, 0.29) is 5.91 Å². The van der Waals surface area contributed by atoms with Crippen molar-refractivity contribution in [2.24, 2.45) is 0 Å². The van der Waals surface area contributed by atoms with Crippen molar-refractivity contribution in [3.05, 3.63) is 64.7 Å². The zero-order chi connectivity index (χ0) is 18.2. The van der Waals surface area contributed by atoms with Crippen molar-refractivity contribution in [1.82, 2.24) is 5.32 Å². The second kappa shape index (κ2) is 9.26. The third kappa shape index (κ3) is 5.63. The molecule has 0 fully saturated rings. The lowest BCUT2D eigenvalue weighted by Gasteiger charge is -2.10. The number of hydrogen-bond donors (Lipinski definition) is 1. The third-order valence-electron chi connectivity index (χ3n) is 4.31. The van der Waals surface area contributed by atoms with Gasteiger partial charge in [-0.1, -0.05) is 38.1 Å². The highest BCUT2D eigenvalue weighted by Gasteiger charge is 2.08. The average Bonchev–Trinajstić information content (AvgIpc) is 2.60. The molecule has 25 heavy (non-hydrogen) atoms. The van der Waals surface area contributed by atoms with Gasteiger partial charge in [0.2, 0.25) is 0 Å². The van der Waals surface area contributed by atoms with E-state index in [1.165, 1.54) is 11.1 Å². The Bertz CT molecular complexity index is 690. The molecule has 3 nitrogen and oxygen atoms in total. The molecule has 134 valence electrons. The van der Waals surface area contributed by atoms with Crippen LogP contribution in [0.4, 0.5) is 0 Å². The van der Waals surface area contributed by atoms with Gasteiger partial charge in [-0.05, 0) is 67.5 Å². The molecule has 0 aromatic heterocycles. The average molecular weight is 339 g/mol. The van der Waals surface area contributed by atoms with Crippen LogP contribution in [-0.4, -0.2) is 19.1 Å². The van der Waals surface area contributed by atoms with Gasteiger partial charge in [-0.2, -0.15) is 0 Å². The Labute approximate surface area is 151 Å². The number of amides is 1. The first kappa shape index (κ1) is 19.0. The van der Waals surface area contributed by atoms with Crippen LogP contribution in [0.2, 0.25) is 0 Å². The number of hydrogen-bond acceptors (Lipinski definition) is 2. The number of aryl methyl sites for hydroxylation is 2. The largest absolute Gasteiger partial charge is 0.494 e. The van der Waals surface area contributed by atoms with Crippen molar-refractivity contribution in [1.29, 1.82) is 0 Å². The predicted molar refractivity (Wildman–Crippen MR) is 104 cm³/mol. The molecule has 1 amide bonds. The van der Waals surface area contributed by atoms with Gasteiger partial charge in [0.05, 0.1) is 6.61 Å². The number of carbonyl (C=O) groups excluding carboxylic acids is 1. The summed E-state index contributed by atoms with van der Waals surface area (Å²) in [5.41, 5.74) is 4.35. The van der Waals surface area contributed by atoms with Gasteiger partial charge in [0.25, 0.3) is 5.91 Å². The zero-order valence-corrected chi connectivity index (χ0v) is 15.8. The number of ether oxygens (including phenoxy) is 1. The van der Waals surface area contributed by atoms with E-state index < -0.39 is 0 Å². The predicted octanol–water partition coefficient (Wildman–Crippen LogP) is 4.88. The van der Waals surface area contributed by atoms with Crippen LogP contribution in [0.15, 0.2) is 42.5 Å². The van der Waals surface area contributed by atoms with Crippen molar-refractivity contribution in [2.45, 2.75) is 46.5 Å². The molecule has 1 N–H and O–H groups in total. The highest BCUT2D eigenvalue weighted by Crippen LogP contribution is 2.19. The van der Waals surface area contributed by atoms with E-state index in [0.29, 0.717) is 24.6 Å². The second-order valence-electron chi connectivity index (χ2n) is 6.67. The molecule has 3 heteroatoms. The summed E-state index contributed by atoms with van der Waals surface area (Å²) in [6.07, 6.45) is 1.91. The van der Waals surface area contributed by atoms with E-state index in [4.69, 9.17) is 4.74 Å². The Morgan fingerprint density at radius 1 is 1.12 bits per heavy atom. The van der Waals surface area contributed by atoms with Crippen LogP contribution in [0.1, 0.15) is 60.2 Å². The fraction of sp³-hybridized carbons (Fsp3) is 0.409. The third-order valence-corrected chi connectivity index (χ3v) is 4.31. The molecule has 2 rings (SSSR count). The first-order valence-corrected chi connectivity index (χ1v) is 9.11. The first-order chi connectivity index (χ1) is 12.0. The maximum atomic E-state index is 12.2. The van der Waals surface area contributed by atoms with Crippen molar-refractivity contribution >= 4 is 5.91 Å². The summed E-state index contributed by atoms with van der Waals surface area (Å²) in [7, 11) is 0. The minimum absolute atomic E-state index is 0.0266. The Balaban J connectivity index is 1.79. The maximum Gasteiger partial charge on any atom is 0.251 e. The molecule has 0 aliphatic heterocycles. The molecule has 0 atom stereocenters. The normalized spacial score (nSPS) is 10.8. The molecule has 0 bridgehead atoms. The Morgan fingerprint density at radius 3 is 2.44 bits per heavy atom. The SMILES string of the molecule is CCOc1ccc(C(=O)NCCCc2ccc(C(C)C)cc2)cc1C. The minimum atomic E-state index is -0.0266. The van der Waals surface area contributed by atoms with Crippen LogP contribution in [0.5, 0.6) is 5.75 Å². The number of benzene rings is 2. The van der Waals surface area contributed by atoms with Gasteiger partial charge in [0.15, 0.2) is 0 Å². The van der Waals surface area contributed by atoms with Crippen molar-refractivity contribution in [3.63, 3.8) is 0 Å². The van der Waals surface area contributed by atoms with Gasteiger partial charge in [-0.3, -0.25) is 4.79 Å². The lowest BCUT2D eigenvalue weighted by Crippen LogP contribution is -2.24. The summed E-state index contributed by atoms with van der Waals surface area (Å²) < 4.78 is 5.51. The Morgan fingerprint density at radius 2 is 1.84 bits per heavy atom. The molecule has 0 unspecified atom stereocenters. The van der Waals surface area contributed by atoms with E-state index in [2.05, 4.69) is 43.4 Å². The first-order valence-electron chi connectivity index (χ1n) is 9.11. The maximum absolute atomic E-state index is 12.2. The summed E-state index contributed by atoms with van der Waals surface area (Å²) in [5, 5.41) is 3.00. The number of nitrogens with one attached hydrogen (secondary N) is 1. The van der Waals surface area contributed by atoms with Gasteiger partial charge in [-0.25, -0.2) is 0 Å². The van der Waals surface area contributed by atoms with Crippen LogP contribution in [-0.2, 0) is 6.42 Å². The summed E-state index contributed by atoms with van der Waals surface area (Å²) in [6.45, 7) is 9.63. The molecule has 0 aliphatic rings. The molecule has 2 aromatic carbocycles. The lowest BCUT2D eigenvalue weighted by molar-refractivity contribution is 0.0953. The van der Waals surface area contributed by atoms with Crippen LogP contribution in [0, 0.1) is 6.92 Å². The van der Waals surface area contributed by atoms with Crippen LogP contribution in [0.25, 0.3) is 0 Å². The fourth-order valence-corrected chi connectivity index (χ4v) is 2.77. The van der Waals surface area contributed by atoms with E-state index >= 15 is 0 Å². The van der Waals surface area contributed by atoms with Crippen LogP contribution in [0.3, 0.4) is 0 Å². The molecule has 0 radical (unpaired) electrons.